The fraction of sp³-hybridized carbons (Fsp3) is 0.222. The van der Waals surface area contributed by atoms with Crippen LogP contribution < -0.4 is 4.74 Å². The van der Waals surface area contributed by atoms with Gasteiger partial charge in [0.05, 0.1) is 25.3 Å². The summed E-state index contributed by atoms with van der Waals surface area (Å²) in [5, 5.41) is 11.7. The third-order valence-corrected chi connectivity index (χ3v) is 7.14. The average Bonchev–Trinajstić information content (AvgIpc) is 3.60. The summed E-state index contributed by atoms with van der Waals surface area (Å²) in [5.41, 5.74) is 2.70. The quantitative estimate of drug-likeness (QED) is 0.281. The Morgan fingerprint density at radius 2 is 1.89 bits per heavy atom. The molecular weight excluding hydrogens is 472 g/mol. The molecule has 0 bridgehead atoms. The fourth-order valence-electron chi connectivity index (χ4n) is 4.31. The first-order valence-corrected chi connectivity index (χ1v) is 12.6. The van der Waals surface area contributed by atoms with Gasteiger partial charge in [0.2, 0.25) is 0 Å². The molecule has 180 valence electrons. The van der Waals surface area contributed by atoms with Gasteiger partial charge in [-0.15, -0.1) is 10.2 Å². The van der Waals surface area contributed by atoms with Crippen molar-refractivity contribution >= 4 is 22.7 Å². The van der Waals surface area contributed by atoms with E-state index >= 15 is 0 Å². The van der Waals surface area contributed by atoms with Crippen molar-refractivity contribution in [3.05, 3.63) is 73.1 Å². The summed E-state index contributed by atoms with van der Waals surface area (Å²) in [6.45, 7) is 1.47. The molecule has 2 aromatic carbocycles. The van der Waals surface area contributed by atoms with Crippen LogP contribution in [-0.2, 0) is 11.3 Å². The van der Waals surface area contributed by atoms with Crippen LogP contribution in [0.3, 0.4) is 0 Å². The summed E-state index contributed by atoms with van der Waals surface area (Å²) in [4.78, 5) is 13.9. The molecule has 0 aliphatic carbocycles. The number of aromatic nitrogens is 6. The van der Waals surface area contributed by atoms with Crippen molar-refractivity contribution in [3.63, 3.8) is 0 Å². The lowest BCUT2D eigenvalue weighted by molar-refractivity contribution is 0.0953. The van der Waals surface area contributed by atoms with Crippen LogP contribution in [0.2, 0.25) is 0 Å². The van der Waals surface area contributed by atoms with E-state index in [9.17, 15) is 0 Å². The monoisotopic (exact) mass is 496 g/mol. The largest absolute Gasteiger partial charge is 0.497 e. The van der Waals surface area contributed by atoms with Gasteiger partial charge < -0.3 is 9.47 Å². The highest BCUT2D eigenvalue weighted by molar-refractivity contribution is 7.99. The Kier molecular flexibility index (Phi) is 6.31. The second-order valence-corrected chi connectivity index (χ2v) is 9.45. The predicted molar refractivity (Wildman–Crippen MR) is 138 cm³/mol. The smallest absolute Gasteiger partial charge is 0.197 e. The summed E-state index contributed by atoms with van der Waals surface area (Å²) in [6.07, 6.45) is 5.74. The molecule has 1 unspecified atom stereocenters. The Labute approximate surface area is 212 Å². The minimum atomic E-state index is 0.130. The summed E-state index contributed by atoms with van der Waals surface area (Å²) < 4.78 is 13.4. The number of methoxy groups -OCH3 is 1. The molecule has 8 nitrogen and oxygen atoms in total. The number of ether oxygens (including phenoxy) is 2. The first-order valence-electron chi connectivity index (χ1n) is 11.8. The van der Waals surface area contributed by atoms with Gasteiger partial charge in [0, 0.05) is 35.5 Å². The second kappa shape index (κ2) is 10.0. The standard InChI is InChI=1S/C27H24N6O2S/c1-34-20-12-10-18(11-13-20)25-31-32-27(33(25)17-21-7-5-15-35-21)36-26-22-8-2-3-9-23(22)29-24(30-26)19-6-4-14-28-16-19/h2-4,6,8-14,16,21H,5,7,15,17H2,1H3. The Morgan fingerprint density at radius 3 is 2.67 bits per heavy atom. The fourth-order valence-corrected chi connectivity index (χ4v) is 5.25. The molecule has 36 heavy (non-hydrogen) atoms. The Morgan fingerprint density at radius 1 is 1.00 bits per heavy atom. The lowest BCUT2D eigenvalue weighted by Gasteiger charge is -2.15. The molecule has 9 heteroatoms. The van der Waals surface area contributed by atoms with Crippen molar-refractivity contribution in [2.75, 3.05) is 13.7 Å². The zero-order chi connectivity index (χ0) is 24.3. The van der Waals surface area contributed by atoms with E-state index in [0.29, 0.717) is 12.4 Å². The topological polar surface area (TPSA) is 87.8 Å². The van der Waals surface area contributed by atoms with Gasteiger partial charge in [-0.2, -0.15) is 0 Å². The van der Waals surface area contributed by atoms with Crippen molar-refractivity contribution in [1.82, 2.24) is 29.7 Å². The van der Waals surface area contributed by atoms with Gasteiger partial charge in [0.15, 0.2) is 16.8 Å². The van der Waals surface area contributed by atoms with Crippen molar-refractivity contribution in [3.8, 4) is 28.5 Å². The molecule has 1 aliphatic rings. The van der Waals surface area contributed by atoms with Crippen molar-refractivity contribution in [2.45, 2.75) is 35.7 Å². The van der Waals surface area contributed by atoms with E-state index in [-0.39, 0.29) is 6.10 Å². The lowest BCUT2D eigenvalue weighted by atomic mass is 10.2. The molecule has 0 saturated carbocycles. The highest BCUT2D eigenvalue weighted by Crippen LogP contribution is 2.35. The van der Waals surface area contributed by atoms with E-state index in [1.807, 2.05) is 60.7 Å². The third kappa shape index (κ3) is 4.55. The molecular formula is C27H24N6O2S. The van der Waals surface area contributed by atoms with E-state index in [2.05, 4.69) is 19.7 Å². The van der Waals surface area contributed by atoms with Crippen molar-refractivity contribution in [2.24, 2.45) is 0 Å². The molecule has 0 radical (unpaired) electrons. The molecule has 1 saturated heterocycles. The van der Waals surface area contributed by atoms with Crippen molar-refractivity contribution < 1.29 is 9.47 Å². The van der Waals surface area contributed by atoms with Gasteiger partial charge in [-0.1, -0.05) is 18.2 Å². The minimum Gasteiger partial charge on any atom is -0.497 e. The molecule has 1 fully saturated rings. The Hall–Kier alpha value is -3.82. The van der Waals surface area contributed by atoms with Crippen molar-refractivity contribution in [1.29, 1.82) is 0 Å². The molecule has 0 N–H and O–H groups in total. The maximum Gasteiger partial charge on any atom is 0.197 e. The van der Waals surface area contributed by atoms with Crippen LogP contribution in [0.15, 0.2) is 83.2 Å². The minimum absolute atomic E-state index is 0.130. The van der Waals surface area contributed by atoms with E-state index in [0.717, 1.165) is 63.2 Å². The van der Waals surface area contributed by atoms with Gasteiger partial charge in [0.25, 0.3) is 0 Å². The first kappa shape index (κ1) is 22.6. The maximum absolute atomic E-state index is 5.97. The molecule has 3 aromatic heterocycles. The van der Waals surface area contributed by atoms with Crippen LogP contribution >= 0.6 is 11.8 Å². The Bertz CT molecular complexity index is 1480. The Balaban J connectivity index is 1.43. The van der Waals surface area contributed by atoms with Crippen LogP contribution in [0.5, 0.6) is 5.75 Å². The molecule has 6 rings (SSSR count). The maximum atomic E-state index is 5.97. The van der Waals surface area contributed by atoms with E-state index in [1.54, 1.807) is 19.5 Å². The number of benzene rings is 2. The summed E-state index contributed by atoms with van der Waals surface area (Å²) >= 11 is 1.50. The SMILES string of the molecule is COc1ccc(-c2nnc(Sc3nc(-c4cccnc4)nc4ccccc34)n2CC2CCCO2)cc1. The van der Waals surface area contributed by atoms with Gasteiger partial charge in [-0.25, -0.2) is 9.97 Å². The normalized spacial score (nSPS) is 15.4. The molecule has 1 aliphatic heterocycles. The number of hydrogen-bond donors (Lipinski definition) is 0. The number of fused-ring (bicyclic) bond motifs is 1. The van der Waals surface area contributed by atoms with Gasteiger partial charge in [0.1, 0.15) is 10.8 Å². The summed E-state index contributed by atoms with van der Waals surface area (Å²) in [7, 11) is 1.66. The van der Waals surface area contributed by atoms with E-state index in [4.69, 9.17) is 19.4 Å². The molecule has 5 aromatic rings. The zero-order valence-corrected chi connectivity index (χ0v) is 20.6. The average molecular weight is 497 g/mol. The zero-order valence-electron chi connectivity index (χ0n) is 19.7. The first-order chi connectivity index (χ1) is 17.8. The number of rotatable bonds is 7. The molecule has 4 heterocycles. The summed E-state index contributed by atoms with van der Waals surface area (Å²) in [5.74, 6) is 2.22. The van der Waals surface area contributed by atoms with Crippen LogP contribution in [-0.4, -0.2) is 49.5 Å². The highest BCUT2D eigenvalue weighted by Gasteiger charge is 2.23. The van der Waals surface area contributed by atoms with Gasteiger partial charge in [-0.3, -0.25) is 9.55 Å². The third-order valence-electron chi connectivity index (χ3n) is 6.15. The molecule has 0 amide bonds. The number of nitrogens with zero attached hydrogens (tertiary/aromatic N) is 6. The number of pyridine rings is 1. The van der Waals surface area contributed by atoms with Crippen LogP contribution in [0.4, 0.5) is 0 Å². The second-order valence-electron chi connectivity index (χ2n) is 8.49. The van der Waals surface area contributed by atoms with E-state index < -0.39 is 0 Å². The van der Waals surface area contributed by atoms with Gasteiger partial charge in [-0.05, 0) is 67.1 Å². The number of hydrogen-bond acceptors (Lipinski definition) is 8. The van der Waals surface area contributed by atoms with Crippen LogP contribution in [0.25, 0.3) is 33.7 Å². The number of para-hydroxylation sites is 1. The molecule has 1 atom stereocenters. The van der Waals surface area contributed by atoms with Crippen LogP contribution in [0.1, 0.15) is 12.8 Å². The van der Waals surface area contributed by atoms with Crippen LogP contribution in [0, 0.1) is 0 Å². The summed E-state index contributed by atoms with van der Waals surface area (Å²) in [6, 6.07) is 19.8. The molecule has 0 spiro atoms. The van der Waals surface area contributed by atoms with Gasteiger partial charge >= 0.3 is 0 Å². The highest BCUT2D eigenvalue weighted by atomic mass is 32.2. The lowest BCUT2D eigenvalue weighted by Crippen LogP contribution is -2.16. The predicted octanol–water partition coefficient (Wildman–Crippen LogP) is 5.29. The van der Waals surface area contributed by atoms with E-state index in [1.165, 1.54) is 11.8 Å².